The van der Waals surface area contributed by atoms with Crippen molar-refractivity contribution >= 4 is 22.6 Å². The van der Waals surface area contributed by atoms with Crippen molar-refractivity contribution in [3.63, 3.8) is 0 Å². The zero-order valence-electron chi connectivity index (χ0n) is 12.4. The number of aromatic amines is 1. The number of fused-ring (bicyclic) bond motifs is 1. The molecule has 0 fully saturated rings. The fourth-order valence-corrected chi connectivity index (χ4v) is 4.14. The van der Waals surface area contributed by atoms with Crippen LogP contribution in [0.2, 0.25) is 0 Å². The Morgan fingerprint density at radius 1 is 1.26 bits per heavy atom. The Kier molecular flexibility index (Phi) is 3.52. The van der Waals surface area contributed by atoms with E-state index in [1.165, 1.54) is 10.4 Å². The first kappa shape index (κ1) is 13.9. The molecule has 0 unspecified atom stereocenters. The van der Waals surface area contributed by atoms with Crippen molar-refractivity contribution in [2.75, 3.05) is 0 Å². The van der Waals surface area contributed by atoms with E-state index in [4.69, 9.17) is 0 Å². The number of aliphatic imine (C=N–C) groups is 1. The number of rotatable bonds is 3. The van der Waals surface area contributed by atoms with E-state index in [0.29, 0.717) is 0 Å². The Labute approximate surface area is 138 Å². The molecule has 23 heavy (non-hydrogen) atoms. The van der Waals surface area contributed by atoms with Gasteiger partial charge in [-0.15, -0.1) is 11.3 Å². The summed E-state index contributed by atoms with van der Waals surface area (Å²) in [5.41, 5.74) is 4.90. The number of benzene rings is 1. The number of thiophene rings is 1. The van der Waals surface area contributed by atoms with Crippen molar-refractivity contribution in [2.24, 2.45) is 4.99 Å². The van der Waals surface area contributed by atoms with Crippen LogP contribution in [0.25, 0.3) is 11.3 Å². The van der Waals surface area contributed by atoms with Crippen LogP contribution in [-0.2, 0) is 12.8 Å². The molecular weight excluding hydrogens is 304 g/mol. The molecule has 1 N–H and O–H groups in total. The lowest BCUT2D eigenvalue weighted by Crippen LogP contribution is -1.85. The van der Waals surface area contributed by atoms with E-state index in [-0.39, 0.29) is 0 Å². The second kappa shape index (κ2) is 5.82. The van der Waals surface area contributed by atoms with E-state index in [0.717, 1.165) is 46.6 Å². The number of nitriles is 1. The number of hydrogen-bond donors (Lipinski definition) is 1. The number of H-pyrrole nitrogens is 1. The zero-order valence-corrected chi connectivity index (χ0v) is 13.2. The Bertz CT molecular complexity index is 912. The van der Waals surface area contributed by atoms with E-state index in [9.17, 15) is 5.26 Å². The first-order chi connectivity index (χ1) is 11.4. The van der Waals surface area contributed by atoms with Crippen LogP contribution in [0.3, 0.4) is 0 Å². The van der Waals surface area contributed by atoms with Crippen LogP contribution >= 0.6 is 11.3 Å². The zero-order chi connectivity index (χ0) is 15.6. The van der Waals surface area contributed by atoms with E-state index in [1.54, 1.807) is 23.7 Å². The molecule has 3 aromatic rings. The van der Waals surface area contributed by atoms with Crippen LogP contribution < -0.4 is 0 Å². The van der Waals surface area contributed by atoms with Crippen LogP contribution in [0, 0.1) is 11.3 Å². The van der Waals surface area contributed by atoms with Crippen molar-refractivity contribution in [3.8, 4) is 17.3 Å². The maximum absolute atomic E-state index is 9.43. The van der Waals surface area contributed by atoms with Crippen LogP contribution in [0.5, 0.6) is 0 Å². The number of aryl methyl sites for hydroxylation is 1. The van der Waals surface area contributed by atoms with Crippen molar-refractivity contribution in [2.45, 2.75) is 19.3 Å². The molecule has 2 heterocycles. The van der Waals surface area contributed by atoms with Gasteiger partial charge < -0.3 is 0 Å². The predicted octanol–water partition coefficient (Wildman–Crippen LogP) is 4.25. The fourth-order valence-electron chi connectivity index (χ4n) is 2.95. The van der Waals surface area contributed by atoms with E-state index in [2.05, 4.69) is 21.3 Å². The van der Waals surface area contributed by atoms with Gasteiger partial charge >= 0.3 is 0 Å². The van der Waals surface area contributed by atoms with E-state index >= 15 is 0 Å². The lowest BCUT2D eigenvalue weighted by atomic mass is 10.1. The second-order valence-electron chi connectivity index (χ2n) is 5.47. The van der Waals surface area contributed by atoms with Crippen molar-refractivity contribution < 1.29 is 0 Å². The molecule has 1 aromatic carbocycles. The molecule has 0 saturated heterocycles. The first-order valence-corrected chi connectivity index (χ1v) is 8.36. The summed E-state index contributed by atoms with van der Waals surface area (Å²) in [5, 5.41) is 17.4. The van der Waals surface area contributed by atoms with Gasteiger partial charge in [0.15, 0.2) is 0 Å². The number of nitrogens with zero attached hydrogens (tertiary/aromatic N) is 3. The maximum atomic E-state index is 9.43. The second-order valence-corrected chi connectivity index (χ2v) is 6.56. The third kappa shape index (κ3) is 2.47. The molecular formula is C18H14N4S. The molecule has 112 valence electrons. The Hall–Kier alpha value is -2.71. The maximum Gasteiger partial charge on any atom is 0.134 e. The van der Waals surface area contributed by atoms with Gasteiger partial charge in [0.25, 0.3) is 0 Å². The minimum absolute atomic E-state index is 0.753. The molecule has 0 atom stereocenters. The minimum Gasteiger partial charge on any atom is -0.277 e. The highest BCUT2D eigenvalue weighted by molar-refractivity contribution is 7.16. The van der Waals surface area contributed by atoms with Gasteiger partial charge in [0.05, 0.1) is 17.5 Å². The summed E-state index contributed by atoms with van der Waals surface area (Å²) in [5.74, 6) is 0. The lowest BCUT2D eigenvalue weighted by Gasteiger charge is -1.98. The molecule has 1 aliphatic rings. The molecule has 0 bridgehead atoms. The molecule has 4 rings (SSSR count). The van der Waals surface area contributed by atoms with Crippen molar-refractivity contribution in [1.82, 2.24) is 10.2 Å². The van der Waals surface area contributed by atoms with Gasteiger partial charge in [0.1, 0.15) is 11.1 Å². The van der Waals surface area contributed by atoms with Gasteiger partial charge in [0, 0.05) is 22.2 Å². The number of aromatic nitrogens is 2. The van der Waals surface area contributed by atoms with Gasteiger partial charge in [-0.1, -0.05) is 30.3 Å². The Morgan fingerprint density at radius 3 is 2.96 bits per heavy atom. The smallest absolute Gasteiger partial charge is 0.134 e. The molecule has 0 amide bonds. The highest BCUT2D eigenvalue weighted by Crippen LogP contribution is 2.40. The monoisotopic (exact) mass is 318 g/mol. The number of nitrogens with one attached hydrogen (secondary N) is 1. The summed E-state index contributed by atoms with van der Waals surface area (Å²) in [6, 6.07) is 12.4. The van der Waals surface area contributed by atoms with Gasteiger partial charge in [-0.3, -0.25) is 5.10 Å². The van der Waals surface area contributed by atoms with Crippen LogP contribution in [0.15, 0.2) is 41.5 Å². The van der Waals surface area contributed by atoms with Crippen LogP contribution in [0.1, 0.15) is 28.0 Å². The van der Waals surface area contributed by atoms with E-state index < -0.39 is 0 Å². The standard InChI is InChI=1S/C18H14N4S/c19-9-15-14-7-4-8-16(14)23-18(15)20-10-13-11-21-22-17(13)12-5-2-1-3-6-12/h1-3,5-6,10-11H,4,7-8H2,(H,21,22). The third-order valence-corrected chi connectivity index (χ3v) is 5.27. The lowest BCUT2D eigenvalue weighted by molar-refractivity contribution is 0.913. The first-order valence-electron chi connectivity index (χ1n) is 7.54. The van der Waals surface area contributed by atoms with Crippen molar-refractivity contribution in [1.29, 1.82) is 5.26 Å². The SMILES string of the molecule is N#Cc1c(N=Cc2cn[nH]c2-c2ccccc2)sc2c1CCC2. The topological polar surface area (TPSA) is 64.8 Å². The van der Waals surface area contributed by atoms with Crippen LogP contribution in [-0.4, -0.2) is 16.4 Å². The van der Waals surface area contributed by atoms with Gasteiger partial charge in [-0.2, -0.15) is 10.4 Å². The summed E-state index contributed by atoms with van der Waals surface area (Å²) in [6.07, 6.45) is 6.79. The van der Waals surface area contributed by atoms with Gasteiger partial charge in [-0.25, -0.2) is 4.99 Å². The normalized spacial score (nSPS) is 13.3. The summed E-state index contributed by atoms with van der Waals surface area (Å²) in [6.45, 7) is 0. The van der Waals surface area contributed by atoms with Gasteiger partial charge in [-0.05, 0) is 24.8 Å². The highest BCUT2D eigenvalue weighted by atomic mass is 32.1. The highest BCUT2D eigenvalue weighted by Gasteiger charge is 2.21. The summed E-state index contributed by atoms with van der Waals surface area (Å²) in [7, 11) is 0. The molecule has 2 aromatic heterocycles. The van der Waals surface area contributed by atoms with E-state index in [1.807, 2.05) is 30.3 Å². The molecule has 4 nitrogen and oxygen atoms in total. The molecule has 5 heteroatoms. The molecule has 0 saturated carbocycles. The average Bonchev–Trinajstić information content (AvgIpc) is 3.29. The molecule has 0 spiro atoms. The fraction of sp³-hybridized carbons (Fsp3) is 0.167. The van der Waals surface area contributed by atoms with Crippen molar-refractivity contribution in [3.05, 3.63) is 58.1 Å². The molecule has 1 aliphatic carbocycles. The summed E-state index contributed by atoms with van der Waals surface area (Å²) < 4.78 is 0. The Morgan fingerprint density at radius 2 is 2.13 bits per heavy atom. The van der Waals surface area contributed by atoms with Gasteiger partial charge in [0.2, 0.25) is 0 Å². The quantitative estimate of drug-likeness (QED) is 0.734. The molecule has 0 aliphatic heterocycles. The third-order valence-electron chi connectivity index (χ3n) is 4.07. The predicted molar refractivity (Wildman–Crippen MR) is 92.3 cm³/mol. The number of hydrogen-bond acceptors (Lipinski definition) is 4. The largest absolute Gasteiger partial charge is 0.277 e. The molecule has 0 radical (unpaired) electrons. The Balaban J connectivity index is 1.69. The summed E-state index contributed by atoms with van der Waals surface area (Å²) in [4.78, 5) is 5.90. The summed E-state index contributed by atoms with van der Waals surface area (Å²) >= 11 is 1.65. The average molecular weight is 318 g/mol. The van der Waals surface area contributed by atoms with Crippen LogP contribution in [0.4, 0.5) is 5.00 Å². The minimum atomic E-state index is 0.753.